The van der Waals surface area contributed by atoms with Crippen molar-refractivity contribution in [2.24, 2.45) is 5.73 Å². The van der Waals surface area contributed by atoms with Gasteiger partial charge in [0.25, 0.3) is 0 Å². The van der Waals surface area contributed by atoms with Gasteiger partial charge < -0.3 is 16.0 Å². The van der Waals surface area contributed by atoms with E-state index in [0.29, 0.717) is 12.6 Å². The monoisotopic (exact) mass is 476 g/mol. The van der Waals surface area contributed by atoms with Crippen molar-refractivity contribution >= 4 is 34.4 Å². The minimum absolute atomic E-state index is 0.221. The van der Waals surface area contributed by atoms with E-state index in [-0.39, 0.29) is 5.54 Å². The molecule has 2 aliphatic rings. The number of nitrogens with zero attached hydrogens (tertiary/aromatic N) is 4. The summed E-state index contributed by atoms with van der Waals surface area (Å²) in [5.74, 6) is 2.69. The molecule has 0 bridgehead atoms. The molecule has 1 fully saturated rings. The third-order valence-electron chi connectivity index (χ3n) is 7.05. The van der Waals surface area contributed by atoms with Crippen molar-refractivity contribution in [3.05, 3.63) is 53.6 Å². The van der Waals surface area contributed by atoms with Gasteiger partial charge in [-0.25, -0.2) is 4.98 Å². The van der Waals surface area contributed by atoms with Crippen LogP contribution >= 0.6 is 11.8 Å². The van der Waals surface area contributed by atoms with E-state index in [1.807, 2.05) is 11.8 Å². The van der Waals surface area contributed by atoms with Crippen molar-refractivity contribution in [1.82, 2.24) is 14.9 Å². The molecule has 3 heterocycles. The molecule has 0 saturated carbocycles. The molecule has 180 valence electrons. The highest BCUT2D eigenvalue weighted by molar-refractivity contribution is 7.99. The molecule has 7 heteroatoms. The summed E-state index contributed by atoms with van der Waals surface area (Å²) in [6.07, 6.45) is 2.43. The third kappa shape index (κ3) is 4.88. The highest BCUT2D eigenvalue weighted by Gasteiger charge is 2.41. The molecule has 3 aromatic rings. The van der Waals surface area contributed by atoms with Gasteiger partial charge in [-0.05, 0) is 44.0 Å². The smallest absolute Gasteiger partial charge is 0.228 e. The minimum Gasteiger partial charge on any atom is -0.367 e. The van der Waals surface area contributed by atoms with Crippen LogP contribution in [0.25, 0.3) is 10.9 Å². The summed E-state index contributed by atoms with van der Waals surface area (Å²) in [7, 11) is 0. The number of benzene rings is 2. The molecule has 2 aliphatic heterocycles. The average Bonchev–Trinajstić information content (AvgIpc) is 3.03. The van der Waals surface area contributed by atoms with Gasteiger partial charge >= 0.3 is 0 Å². The maximum atomic E-state index is 6.74. The predicted octanol–water partition coefficient (Wildman–Crippen LogP) is 4.66. The maximum absolute atomic E-state index is 6.74. The molecule has 1 atom stereocenters. The van der Waals surface area contributed by atoms with E-state index in [4.69, 9.17) is 15.7 Å². The molecular weight excluding hydrogens is 440 g/mol. The molecule has 3 N–H and O–H groups in total. The lowest BCUT2D eigenvalue weighted by atomic mass is 9.88. The summed E-state index contributed by atoms with van der Waals surface area (Å²) in [5, 5.41) is 4.69. The van der Waals surface area contributed by atoms with Crippen molar-refractivity contribution in [2.75, 3.05) is 42.1 Å². The van der Waals surface area contributed by atoms with Gasteiger partial charge in [0.15, 0.2) is 0 Å². The fraction of sp³-hybridized carbons (Fsp3) is 0.481. The van der Waals surface area contributed by atoms with Gasteiger partial charge in [0.05, 0.1) is 11.1 Å². The summed E-state index contributed by atoms with van der Waals surface area (Å²) in [5.41, 5.74) is 10.0. The normalized spacial score (nSPS) is 18.8. The lowest BCUT2D eigenvalue weighted by Gasteiger charge is -2.50. The van der Waals surface area contributed by atoms with Crippen molar-refractivity contribution in [1.29, 1.82) is 0 Å². The average molecular weight is 477 g/mol. The SMILES string of the molecule is CCCC(C)N1CC(N)(CNc2nc(N3CCSc4ccccc4C3)nc3ccc(C)cc23)C1. The van der Waals surface area contributed by atoms with Crippen molar-refractivity contribution < 1.29 is 0 Å². The van der Waals surface area contributed by atoms with Gasteiger partial charge in [0.1, 0.15) is 5.82 Å². The highest BCUT2D eigenvalue weighted by atomic mass is 32.2. The Labute approximate surface area is 207 Å². The molecule has 1 saturated heterocycles. The Hall–Kier alpha value is -2.35. The minimum atomic E-state index is -0.221. The summed E-state index contributed by atoms with van der Waals surface area (Å²) in [6, 6.07) is 15.7. The first-order valence-electron chi connectivity index (χ1n) is 12.4. The van der Waals surface area contributed by atoms with E-state index in [1.54, 1.807) is 0 Å². The van der Waals surface area contributed by atoms with E-state index >= 15 is 0 Å². The number of rotatable bonds is 7. The zero-order valence-electron chi connectivity index (χ0n) is 20.6. The van der Waals surface area contributed by atoms with Gasteiger partial charge in [-0.15, -0.1) is 11.8 Å². The van der Waals surface area contributed by atoms with E-state index in [2.05, 4.69) is 78.4 Å². The molecule has 34 heavy (non-hydrogen) atoms. The Bertz CT molecular complexity index is 1160. The molecule has 5 rings (SSSR count). The first-order valence-corrected chi connectivity index (χ1v) is 13.4. The van der Waals surface area contributed by atoms with Crippen molar-refractivity contribution in [2.45, 2.75) is 56.6 Å². The quantitative estimate of drug-likeness (QED) is 0.514. The Morgan fingerprint density at radius 2 is 2.00 bits per heavy atom. The van der Waals surface area contributed by atoms with Crippen LogP contribution in [0.15, 0.2) is 47.4 Å². The Balaban J connectivity index is 1.39. The fourth-order valence-electron chi connectivity index (χ4n) is 5.05. The second kappa shape index (κ2) is 9.72. The van der Waals surface area contributed by atoms with Crippen LogP contribution in [0.5, 0.6) is 0 Å². The summed E-state index contributed by atoms with van der Waals surface area (Å²) < 4.78 is 0. The molecule has 0 spiro atoms. The fourth-order valence-corrected chi connectivity index (χ4v) is 6.07. The Morgan fingerprint density at radius 3 is 2.82 bits per heavy atom. The number of thioether (sulfide) groups is 1. The number of aryl methyl sites for hydroxylation is 1. The third-order valence-corrected chi connectivity index (χ3v) is 8.14. The second-order valence-corrected chi connectivity index (χ2v) is 11.2. The van der Waals surface area contributed by atoms with Crippen LogP contribution in [0.2, 0.25) is 0 Å². The highest BCUT2D eigenvalue weighted by Crippen LogP contribution is 2.31. The summed E-state index contributed by atoms with van der Waals surface area (Å²) >= 11 is 1.91. The Kier molecular flexibility index (Phi) is 6.69. The number of nitrogens with two attached hydrogens (primary N) is 1. The number of nitrogens with one attached hydrogen (secondary N) is 1. The lowest BCUT2D eigenvalue weighted by Crippen LogP contribution is -2.71. The zero-order chi connectivity index (χ0) is 23.7. The number of likely N-dealkylation sites (tertiary alicyclic amines) is 1. The molecule has 0 radical (unpaired) electrons. The number of aromatic nitrogens is 2. The van der Waals surface area contributed by atoms with Gasteiger partial charge in [-0.1, -0.05) is 43.2 Å². The van der Waals surface area contributed by atoms with Crippen LogP contribution in [-0.2, 0) is 6.54 Å². The summed E-state index contributed by atoms with van der Waals surface area (Å²) in [6.45, 7) is 11.0. The van der Waals surface area contributed by atoms with E-state index in [0.717, 1.165) is 54.6 Å². The van der Waals surface area contributed by atoms with Crippen molar-refractivity contribution in [3.63, 3.8) is 0 Å². The van der Waals surface area contributed by atoms with Crippen LogP contribution in [0, 0.1) is 6.92 Å². The first-order chi connectivity index (χ1) is 16.4. The van der Waals surface area contributed by atoms with Crippen LogP contribution in [0.1, 0.15) is 37.8 Å². The maximum Gasteiger partial charge on any atom is 0.228 e. The topological polar surface area (TPSA) is 70.3 Å². The second-order valence-electron chi connectivity index (χ2n) is 10.0. The number of hydrogen-bond acceptors (Lipinski definition) is 7. The van der Waals surface area contributed by atoms with Crippen LogP contribution in [0.3, 0.4) is 0 Å². The molecule has 1 aromatic heterocycles. The number of hydrogen-bond donors (Lipinski definition) is 2. The van der Waals surface area contributed by atoms with Gasteiger partial charge in [-0.2, -0.15) is 4.98 Å². The number of fused-ring (bicyclic) bond motifs is 2. The molecule has 1 unspecified atom stereocenters. The van der Waals surface area contributed by atoms with Crippen molar-refractivity contribution in [3.8, 4) is 0 Å². The largest absolute Gasteiger partial charge is 0.367 e. The molecule has 0 aliphatic carbocycles. The van der Waals surface area contributed by atoms with E-state index < -0.39 is 0 Å². The van der Waals surface area contributed by atoms with E-state index in [9.17, 15) is 0 Å². The first kappa shape index (κ1) is 23.4. The molecule has 0 amide bonds. The predicted molar refractivity (Wildman–Crippen MR) is 144 cm³/mol. The lowest BCUT2D eigenvalue weighted by molar-refractivity contribution is 0.0396. The van der Waals surface area contributed by atoms with Crippen LogP contribution in [0.4, 0.5) is 11.8 Å². The Morgan fingerprint density at radius 1 is 1.18 bits per heavy atom. The zero-order valence-corrected chi connectivity index (χ0v) is 21.4. The molecular formula is C27H36N6S. The van der Waals surface area contributed by atoms with Gasteiger partial charge in [0, 0.05) is 54.8 Å². The van der Waals surface area contributed by atoms with Crippen LogP contribution < -0.4 is 16.0 Å². The van der Waals surface area contributed by atoms with Crippen LogP contribution in [-0.4, -0.2) is 58.4 Å². The molecule has 2 aromatic carbocycles. The molecule has 6 nitrogen and oxygen atoms in total. The standard InChI is InChI=1S/C27H36N6S/c1-4-7-20(3)33-17-27(28,18-33)16-29-25-22-14-19(2)10-11-23(22)30-26(31-25)32-12-13-34-24-9-6-5-8-21(24)15-32/h5-6,8-11,14,20H,4,7,12-13,15-18,28H2,1-3H3,(H,29,30,31). The van der Waals surface area contributed by atoms with Gasteiger partial charge in [0.2, 0.25) is 5.95 Å². The van der Waals surface area contributed by atoms with Gasteiger partial charge in [-0.3, -0.25) is 4.90 Å². The number of anilines is 2. The summed E-state index contributed by atoms with van der Waals surface area (Å²) in [4.78, 5) is 16.2. The van der Waals surface area contributed by atoms with E-state index in [1.165, 1.54) is 28.9 Å².